The Kier molecular flexibility index (Phi) is 5.40. The fourth-order valence-corrected chi connectivity index (χ4v) is 3.16. The first-order valence-corrected chi connectivity index (χ1v) is 9.73. The third kappa shape index (κ3) is 4.13. The van der Waals surface area contributed by atoms with Crippen LogP contribution in [-0.2, 0) is 9.09 Å². The summed E-state index contributed by atoms with van der Waals surface area (Å²) < 4.78 is 26.6. The number of hydrogen-bond donors (Lipinski definition) is 6. The smallest absolute Gasteiger partial charge is 0.366 e. The van der Waals surface area contributed by atoms with Crippen LogP contribution in [0.4, 0.5) is 0 Å². The van der Waals surface area contributed by atoms with Crippen LogP contribution in [0.25, 0.3) is 22.3 Å². The second kappa shape index (κ2) is 7.64. The number of phenols is 3. The number of phenolic OH excluding ortho intramolecular Hbond substituents is 3. The molecular weight excluding hydrogens is 409 g/mol. The van der Waals surface area contributed by atoms with E-state index in [1.165, 1.54) is 6.07 Å². The van der Waals surface area contributed by atoms with Crippen molar-refractivity contribution < 1.29 is 43.6 Å². The Bertz CT molecular complexity index is 1190. The van der Waals surface area contributed by atoms with Crippen LogP contribution in [-0.4, -0.2) is 38.4 Å². The number of fused-ring (bicyclic) bond motifs is 1. The monoisotopic (exact) mass is 425 g/mol. The molecule has 12 heteroatoms. The van der Waals surface area contributed by atoms with Gasteiger partial charge in [-0.15, -0.1) is 0 Å². The van der Waals surface area contributed by atoms with Crippen LogP contribution in [0.15, 0.2) is 39.5 Å². The molecule has 0 radical (unpaired) electrons. The summed E-state index contributed by atoms with van der Waals surface area (Å²) in [5, 5.41) is 39.2. The van der Waals surface area contributed by atoms with E-state index in [1.54, 1.807) is 0 Å². The van der Waals surface area contributed by atoms with Crippen molar-refractivity contribution in [2.24, 2.45) is 5.73 Å². The molecule has 2 aromatic carbocycles. The molecule has 0 amide bonds. The summed E-state index contributed by atoms with van der Waals surface area (Å²) in [6.45, 7) is -0.515. The molecule has 11 nitrogen and oxygen atoms in total. The molecule has 154 valence electrons. The van der Waals surface area contributed by atoms with Crippen LogP contribution in [0.5, 0.6) is 28.7 Å². The van der Waals surface area contributed by atoms with Gasteiger partial charge in [0.05, 0.1) is 0 Å². The van der Waals surface area contributed by atoms with Crippen molar-refractivity contribution in [3.8, 4) is 40.1 Å². The van der Waals surface area contributed by atoms with Gasteiger partial charge in [0.1, 0.15) is 29.2 Å². The molecule has 29 heavy (non-hydrogen) atoms. The number of ether oxygens (including phenoxy) is 1. The van der Waals surface area contributed by atoms with Gasteiger partial charge in [-0.3, -0.25) is 13.9 Å². The zero-order valence-corrected chi connectivity index (χ0v) is 15.5. The first-order chi connectivity index (χ1) is 13.6. The third-order valence-corrected chi connectivity index (χ3v) is 4.82. The van der Waals surface area contributed by atoms with Crippen molar-refractivity contribution in [2.45, 2.75) is 0 Å². The van der Waals surface area contributed by atoms with Gasteiger partial charge in [-0.25, -0.2) is 0 Å². The number of aromatic hydroxyl groups is 4. The third-order valence-electron chi connectivity index (χ3n) is 3.82. The van der Waals surface area contributed by atoms with Crippen LogP contribution in [0, 0.1) is 0 Å². The van der Waals surface area contributed by atoms with Crippen molar-refractivity contribution in [3.05, 3.63) is 40.6 Å². The van der Waals surface area contributed by atoms with Crippen LogP contribution in [0.2, 0.25) is 0 Å². The lowest BCUT2D eigenvalue weighted by Crippen LogP contribution is -2.07. The van der Waals surface area contributed by atoms with Crippen molar-refractivity contribution in [2.75, 3.05) is 13.1 Å². The van der Waals surface area contributed by atoms with E-state index < -0.39 is 43.4 Å². The average Bonchev–Trinajstić information content (AvgIpc) is 2.63. The lowest BCUT2D eigenvalue weighted by Gasteiger charge is -2.14. The Morgan fingerprint density at radius 1 is 1.07 bits per heavy atom. The molecule has 0 bridgehead atoms. The van der Waals surface area contributed by atoms with Crippen molar-refractivity contribution in [1.82, 2.24) is 0 Å². The summed E-state index contributed by atoms with van der Waals surface area (Å²) in [5.41, 5.74) is 3.95. The second-order valence-corrected chi connectivity index (χ2v) is 7.63. The van der Waals surface area contributed by atoms with Gasteiger partial charge in [0.2, 0.25) is 11.2 Å². The summed E-state index contributed by atoms with van der Waals surface area (Å²) >= 11 is 0. The molecule has 0 aliphatic heterocycles. The van der Waals surface area contributed by atoms with E-state index in [0.29, 0.717) is 0 Å². The minimum Gasteiger partial charge on any atom is -0.508 e. The predicted octanol–water partition coefficient (Wildman–Crippen LogP) is 1.74. The Hall–Kier alpha value is -3.24. The Morgan fingerprint density at radius 3 is 2.48 bits per heavy atom. The Balaban J connectivity index is 2.07. The molecule has 7 N–H and O–H groups in total. The van der Waals surface area contributed by atoms with Crippen molar-refractivity contribution >= 4 is 18.6 Å². The van der Waals surface area contributed by atoms with Crippen LogP contribution < -0.4 is 15.9 Å². The summed E-state index contributed by atoms with van der Waals surface area (Å²) in [5.74, 6) is -2.80. The summed E-state index contributed by atoms with van der Waals surface area (Å²) in [4.78, 5) is 21.9. The zero-order valence-electron chi connectivity index (χ0n) is 14.6. The van der Waals surface area contributed by atoms with Gasteiger partial charge >= 0.3 is 7.60 Å². The van der Waals surface area contributed by atoms with Gasteiger partial charge in [-0.2, -0.15) is 0 Å². The molecule has 0 fully saturated rings. The largest absolute Gasteiger partial charge is 0.508 e. The Labute approximate surface area is 162 Å². The normalized spacial score (nSPS) is 13.3. The van der Waals surface area contributed by atoms with Gasteiger partial charge in [-0.05, 0) is 18.2 Å². The highest BCUT2D eigenvalue weighted by molar-refractivity contribution is 7.52. The van der Waals surface area contributed by atoms with E-state index >= 15 is 0 Å². The molecule has 3 rings (SSSR count). The van der Waals surface area contributed by atoms with Gasteiger partial charge in [0, 0.05) is 17.7 Å². The number of rotatable bonds is 6. The molecule has 0 spiro atoms. The predicted molar refractivity (Wildman–Crippen MR) is 100 cm³/mol. The topological polar surface area (TPSA) is 193 Å². The van der Waals surface area contributed by atoms with Gasteiger partial charge in [-0.1, -0.05) is 0 Å². The highest BCUT2D eigenvalue weighted by atomic mass is 31.2. The van der Waals surface area contributed by atoms with E-state index in [0.717, 1.165) is 24.3 Å². The molecule has 0 saturated heterocycles. The van der Waals surface area contributed by atoms with Gasteiger partial charge < -0.3 is 40.2 Å². The van der Waals surface area contributed by atoms with Gasteiger partial charge in [0.15, 0.2) is 23.6 Å². The molecule has 0 aliphatic carbocycles. The summed E-state index contributed by atoms with van der Waals surface area (Å²) in [7, 11) is -4.16. The molecular formula is C17H16NO10P. The lowest BCUT2D eigenvalue weighted by atomic mass is 10.1. The molecule has 1 aromatic heterocycles. The quantitative estimate of drug-likeness (QED) is 0.249. The molecule has 1 heterocycles. The standard InChI is InChI=1S/C17H16NO10P/c18-6-27-29(24,25)7-26-12-3-8(1-2-10(12)20)17-16(23)15(22)14-11(21)4-9(19)5-13(14)28-17/h1-5,19-21,23H,6-7,18H2,(H,24,25). The fourth-order valence-electron chi connectivity index (χ4n) is 2.55. The minimum absolute atomic E-state index is 0.0599. The van der Waals surface area contributed by atoms with Crippen molar-refractivity contribution in [3.63, 3.8) is 0 Å². The molecule has 0 aliphatic rings. The SMILES string of the molecule is NCOP(=O)(O)COc1cc(-c2oc3cc(O)cc(O)c3c(=O)c2O)ccc1O. The molecule has 0 saturated carbocycles. The van der Waals surface area contributed by atoms with Crippen LogP contribution >= 0.6 is 7.60 Å². The van der Waals surface area contributed by atoms with E-state index in [4.69, 9.17) is 14.9 Å². The van der Waals surface area contributed by atoms with E-state index in [1.807, 2.05) is 0 Å². The molecule has 1 atom stereocenters. The highest BCUT2D eigenvalue weighted by Crippen LogP contribution is 2.43. The maximum absolute atomic E-state index is 12.4. The summed E-state index contributed by atoms with van der Waals surface area (Å²) in [6, 6.07) is 5.55. The highest BCUT2D eigenvalue weighted by Gasteiger charge is 2.23. The number of hydrogen-bond acceptors (Lipinski definition) is 10. The molecule has 3 aromatic rings. The Morgan fingerprint density at radius 2 is 1.79 bits per heavy atom. The maximum Gasteiger partial charge on any atom is 0.366 e. The van der Waals surface area contributed by atoms with Crippen LogP contribution in [0.3, 0.4) is 0 Å². The van der Waals surface area contributed by atoms with Gasteiger partial charge in [0.25, 0.3) is 0 Å². The van der Waals surface area contributed by atoms with E-state index in [9.17, 15) is 34.7 Å². The number of nitrogens with two attached hydrogens (primary N) is 1. The van der Waals surface area contributed by atoms with Crippen molar-refractivity contribution in [1.29, 1.82) is 0 Å². The first kappa shape index (κ1) is 20.5. The summed E-state index contributed by atoms with van der Waals surface area (Å²) in [6.07, 6.45) is -0.823. The average molecular weight is 425 g/mol. The van der Waals surface area contributed by atoms with E-state index in [2.05, 4.69) is 4.52 Å². The van der Waals surface area contributed by atoms with E-state index in [-0.39, 0.29) is 33.8 Å². The molecule has 1 unspecified atom stereocenters. The minimum atomic E-state index is -4.16. The maximum atomic E-state index is 12.4. The lowest BCUT2D eigenvalue weighted by molar-refractivity contribution is 0.234. The zero-order chi connectivity index (χ0) is 21.3. The van der Waals surface area contributed by atoms with Crippen LogP contribution in [0.1, 0.15) is 0 Å². The second-order valence-electron chi connectivity index (χ2n) is 5.84. The number of benzene rings is 2. The first-order valence-electron chi connectivity index (χ1n) is 7.97. The fraction of sp³-hybridized carbons (Fsp3) is 0.118.